The van der Waals surface area contributed by atoms with Crippen molar-refractivity contribution in [1.29, 1.82) is 0 Å². The molecule has 1 heterocycles. The van der Waals surface area contributed by atoms with E-state index < -0.39 is 34.7 Å². The quantitative estimate of drug-likeness (QED) is 0.728. The van der Waals surface area contributed by atoms with Gasteiger partial charge in [0.25, 0.3) is 5.56 Å². The standard InChI is InChI=1S/C17H19ClFN3O5/c1-9(15(24)27-17(2,3)4)26-13-7-12(11(19)6-10(13)18)22-16(25)21(5)14(23)8-20-22/h6-9H,1-5H3. The van der Waals surface area contributed by atoms with Gasteiger partial charge < -0.3 is 9.47 Å². The first-order valence-electron chi connectivity index (χ1n) is 7.95. The summed E-state index contributed by atoms with van der Waals surface area (Å²) >= 11 is 5.99. The molecule has 146 valence electrons. The number of benzene rings is 1. The second kappa shape index (κ2) is 7.51. The van der Waals surface area contributed by atoms with E-state index in [0.29, 0.717) is 4.68 Å². The van der Waals surface area contributed by atoms with Crippen LogP contribution in [0.1, 0.15) is 27.7 Å². The number of carbonyl (C=O) groups is 1. The number of esters is 1. The predicted molar refractivity (Wildman–Crippen MR) is 96.0 cm³/mol. The van der Waals surface area contributed by atoms with Crippen LogP contribution in [0.15, 0.2) is 27.9 Å². The molecule has 0 aliphatic heterocycles. The fourth-order valence-corrected chi connectivity index (χ4v) is 2.23. The smallest absolute Gasteiger partial charge is 0.352 e. The lowest BCUT2D eigenvalue weighted by atomic mass is 10.2. The zero-order valence-corrected chi connectivity index (χ0v) is 16.2. The summed E-state index contributed by atoms with van der Waals surface area (Å²) in [4.78, 5) is 35.7. The Bertz CT molecular complexity index is 994. The number of hydrogen-bond donors (Lipinski definition) is 0. The second-order valence-electron chi connectivity index (χ2n) is 6.76. The maximum Gasteiger partial charge on any atom is 0.352 e. The summed E-state index contributed by atoms with van der Waals surface area (Å²) in [5.74, 6) is -1.54. The van der Waals surface area contributed by atoms with Crippen LogP contribution in [0.2, 0.25) is 5.02 Å². The molecule has 8 nitrogen and oxygen atoms in total. The molecule has 2 rings (SSSR count). The van der Waals surface area contributed by atoms with Crippen LogP contribution < -0.4 is 16.0 Å². The van der Waals surface area contributed by atoms with E-state index in [2.05, 4.69) is 5.10 Å². The lowest BCUT2D eigenvalue weighted by Crippen LogP contribution is -2.38. The maximum atomic E-state index is 14.3. The number of hydrogen-bond acceptors (Lipinski definition) is 6. The molecule has 0 N–H and O–H groups in total. The van der Waals surface area contributed by atoms with Crippen LogP contribution in [0.4, 0.5) is 4.39 Å². The molecule has 0 amide bonds. The average Bonchev–Trinajstić information content (AvgIpc) is 2.54. The number of rotatable bonds is 4. The third-order valence-electron chi connectivity index (χ3n) is 3.35. The van der Waals surface area contributed by atoms with Crippen LogP contribution in [0.3, 0.4) is 0 Å². The fraction of sp³-hybridized carbons (Fsp3) is 0.412. The summed E-state index contributed by atoms with van der Waals surface area (Å²) in [7, 11) is 1.23. The molecule has 1 unspecified atom stereocenters. The lowest BCUT2D eigenvalue weighted by Gasteiger charge is -2.23. The Morgan fingerprint density at radius 2 is 1.93 bits per heavy atom. The first-order chi connectivity index (χ1) is 12.4. The van der Waals surface area contributed by atoms with E-state index in [4.69, 9.17) is 21.1 Å². The van der Waals surface area contributed by atoms with Crippen molar-refractivity contribution in [1.82, 2.24) is 14.3 Å². The highest BCUT2D eigenvalue weighted by molar-refractivity contribution is 6.32. The van der Waals surface area contributed by atoms with Crippen LogP contribution in [0.5, 0.6) is 5.75 Å². The number of nitrogens with zero attached hydrogens (tertiary/aromatic N) is 3. The van der Waals surface area contributed by atoms with Gasteiger partial charge in [-0.1, -0.05) is 11.6 Å². The zero-order chi connectivity index (χ0) is 20.5. The molecule has 0 saturated heterocycles. The van der Waals surface area contributed by atoms with Gasteiger partial charge in [-0.05, 0) is 33.8 Å². The van der Waals surface area contributed by atoms with Crippen molar-refractivity contribution in [2.24, 2.45) is 7.05 Å². The maximum absolute atomic E-state index is 14.3. The van der Waals surface area contributed by atoms with Crippen LogP contribution in [0.25, 0.3) is 5.69 Å². The topological polar surface area (TPSA) is 92.4 Å². The van der Waals surface area contributed by atoms with E-state index in [0.717, 1.165) is 22.9 Å². The van der Waals surface area contributed by atoms with Crippen LogP contribution in [0, 0.1) is 5.82 Å². The Hall–Kier alpha value is -2.68. The van der Waals surface area contributed by atoms with Crippen LogP contribution in [-0.2, 0) is 16.6 Å². The van der Waals surface area contributed by atoms with Crippen molar-refractivity contribution >= 4 is 17.6 Å². The Morgan fingerprint density at radius 3 is 2.52 bits per heavy atom. The highest BCUT2D eigenvalue weighted by Gasteiger charge is 2.24. The van der Waals surface area contributed by atoms with Crippen molar-refractivity contribution in [2.75, 3.05) is 0 Å². The van der Waals surface area contributed by atoms with E-state index in [-0.39, 0.29) is 16.5 Å². The monoisotopic (exact) mass is 399 g/mol. The van der Waals surface area contributed by atoms with Crippen molar-refractivity contribution < 1.29 is 18.7 Å². The molecule has 1 atom stereocenters. The first kappa shape index (κ1) is 20.6. The molecule has 0 spiro atoms. The minimum atomic E-state index is -1.04. The molecule has 0 bridgehead atoms. The molecule has 0 saturated carbocycles. The van der Waals surface area contributed by atoms with E-state index >= 15 is 0 Å². The molecule has 27 heavy (non-hydrogen) atoms. The van der Waals surface area contributed by atoms with E-state index in [1.165, 1.54) is 14.0 Å². The summed E-state index contributed by atoms with van der Waals surface area (Å²) in [6, 6.07) is 2.05. The molecule has 10 heteroatoms. The van der Waals surface area contributed by atoms with Crippen molar-refractivity contribution in [2.45, 2.75) is 39.4 Å². The molecular formula is C17H19ClFN3O5. The van der Waals surface area contributed by atoms with E-state index in [1.54, 1.807) is 20.8 Å². The molecule has 2 aromatic rings. The molecule has 0 radical (unpaired) electrons. The summed E-state index contributed by atoms with van der Waals surface area (Å²) < 4.78 is 26.5. The SMILES string of the molecule is CC(Oc1cc(-n2ncc(=O)n(C)c2=O)c(F)cc1Cl)C(=O)OC(C)(C)C. The summed E-state index contributed by atoms with van der Waals surface area (Å²) in [6.45, 7) is 6.57. The van der Waals surface area contributed by atoms with Gasteiger partial charge in [0, 0.05) is 13.1 Å². The summed E-state index contributed by atoms with van der Waals surface area (Å²) in [5.41, 5.74) is -2.49. The van der Waals surface area contributed by atoms with Crippen molar-refractivity contribution in [3.05, 3.63) is 50.0 Å². The molecular weight excluding hydrogens is 381 g/mol. The highest BCUT2D eigenvalue weighted by Crippen LogP contribution is 2.30. The van der Waals surface area contributed by atoms with Gasteiger partial charge in [0.15, 0.2) is 11.9 Å². The van der Waals surface area contributed by atoms with Gasteiger partial charge in [0.2, 0.25) is 0 Å². The number of aromatic nitrogens is 3. The van der Waals surface area contributed by atoms with Crippen LogP contribution >= 0.6 is 11.6 Å². The fourth-order valence-electron chi connectivity index (χ4n) is 2.04. The first-order valence-corrected chi connectivity index (χ1v) is 8.33. The van der Waals surface area contributed by atoms with Gasteiger partial charge in [-0.15, -0.1) is 0 Å². The average molecular weight is 400 g/mol. The molecule has 0 aliphatic rings. The third-order valence-corrected chi connectivity index (χ3v) is 3.65. The minimum Gasteiger partial charge on any atom is -0.477 e. The number of carbonyl (C=O) groups excluding carboxylic acids is 1. The Kier molecular flexibility index (Phi) is 5.74. The summed E-state index contributed by atoms with van der Waals surface area (Å²) in [5, 5.41) is 3.54. The van der Waals surface area contributed by atoms with Gasteiger partial charge in [0.05, 0.1) is 5.02 Å². The molecule has 1 aromatic carbocycles. The largest absolute Gasteiger partial charge is 0.477 e. The highest BCUT2D eigenvalue weighted by atomic mass is 35.5. The summed E-state index contributed by atoms with van der Waals surface area (Å²) in [6.07, 6.45) is -0.163. The van der Waals surface area contributed by atoms with Crippen molar-refractivity contribution in [3.63, 3.8) is 0 Å². The lowest BCUT2D eigenvalue weighted by molar-refractivity contribution is -0.162. The molecule has 0 aliphatic carbocycles. The number of ether oxygens (including phenoxy) is 2. The van der Waals surface area contributed by atoms with Crippen LogP contribution in [-0.4, -0.2) is 32.0 Å². The normalized spacial score (nSPS) is 12.6. The van der Waals surface area contributed by atoms with Gasteiger partial charge in [0.1, 0.15) is 23.2 Å². The molecule has 1 aromatic heterocycles. The van der Waals surface area contributed by atoms with E-state index in [9.17, 15) is 18.8 Å². The zero-order valence-electron chi connectivity index (χ0n) is 15.4. The minimum absolute atomic E-state index is 0.0472. The Labute approximate surface area is 159 Å². The van der Waals surface area contributed by atoms with Gasteiger partial charge >= 0.3 is 11.7 Å². The van der Waals surface area contributed by atoms with Gasteiger partial charge in [-0.2, -0.15) is 9.78 Å². The molecule has 0 fully saturated rings. The predicted octanol–water partition coefficient (Wildman–Crippen LogP) is 1.83. The van der Waals surface area contributed by atoms with Gasteiger partial charge in [-0.3, -0.25) is 9.36 Å². The Balaban J connectivity index is 2.43. The van der Waals surface area contributed by atoms with Gasteiger partial charge in [-0.25, -0.2) is 14.0 Å². The Morgan fingerprint density at radius 1 is 1.30 bits per heavy atom. The number of halogens is 2. The van der Waals surface area contributed by atoms with E-state index in [1.807, 2.05) is 0 Å². The van der Waals surface area contributed by atoms with Crippen molar-refractivity contribution in [3.8, 4) is 11.4 Å². The second-order valence-corrected chi connectivity index (χ2v) is 7.17. The third kappa shape index (κ3) is 4.73.